The van der Waals surface area contributed by atoms with Crippen molar-refractivity contribution in [3.63, 3.8) is 0 Å². The fourth-order valence-electron chi connectivity index (χ4n) is 3.42. The SMILES string of the molecule is COc1cc(/C=C2\C(=O)NC(=O)N(c3cccc(Cl)c3)C2=O)cc(I)c1OCc1ccc(Cl)c(Cl)c1. The molecule has 1 heterocycles. The highest BCUT2D eigenvalue weighted by atomic mass is 127. The summed E-state index contributed by atoms with van der Waals surface area (Å²) in [6.07, 6.45) is 1.38. The summed E-state index contributed by atoms with van der Waals surface area (Å²) in [5, 5.41) is 3.39. The molecule has 0 aromatic heterocycles. The largest absolute Gasteiger partial charge is 0.493 e. The summed E-state index contributed by atoms with van der Waals surface area (Å²) in [4.78, 5) is 38.9. The summed E-state index contributed by atoms with van der Waals surface area (Å²) in [5.74, 6) is -0.723. The van der Waals surface area contributed by atoms with Crippen LogP contribution in [0.25, 0.3) is 6.08 Å². The molecule has 1 saturated heterocycles. The number of halogens is 4. The molecule has 4 rings (SSSR count). The summed E-state index contributed by atoms with van der Waals surface area (Å²) < 4.78 is 12.1. The predicted molar refractivity (Wildman–Crippen MR) is 147 cm³/mol. The van der Waals surface area contributed by atoms with Crippen LogP contribution in [-0.2, 0) is 16.2 Å². The maximum atomic E-state index is 13.1. The van der Waals surface area contributed by atoms with E-state index in [1.54, 1.807) is 48.5 Å². The lowest BCUT2D eigenvalue weighted by Crippen LogP contribution is -2.54. The van der Waals surface area contributed by atoms with E-state index in [1.807, 2.05) is 0 Å². The second-order valence-electron chi connectivity index (χ2n) is 7.51. The highest BCUT2D eigenvalue weighted by molar-refractivity contribution is 14.1. The summed E-state index contributed by atoms with van der Waals surface area (Å²) in [5.41, 5.74) is 1.32. The topological polar surface area (TPSA) is 84.9 Å². The average Bonchev–Trinajstić information content (AvgIpc) is 2.83. The Morgan fingerprint density at radius 3 is 2.47 bits per heavy atom. The van der Waals surface area contributed by atoms with Crippen molar-refractivity contribution in [3.8, 4) is 11.5 Å². The number of nitrogens with one attached hydrogen (secondary N) is 1. The number of ether oxygens (including phenoxy) is 2. The van der Waals surface area contributed by atoms with Crippen molar-refractivity contribution in [3.05, 3.63) is 89.9 Å². The van der Waals surface area contributed by atoms with Crippen molar-refractivity contribution in [1.82, 2.24) is 5.32 Å². The predicted octanol–water partition coefficient (Wildman–Crippen LogP) is 6.51. The summed E-state index contributed by atoms with van der Waals surface area (Å²) in [6, 6.07) is 13.9. The van der Waals surface area contributed by atoms with Gasteiger partial charge in [0, 0.05) is 5.02 Å². The third-order valence-electron chi connectivity index (χ3n) is 5.10. The molecular formula is C25H16Cl3IN2O5. The molecule has 3 aromatic rings. The van der Waals surface area contributed by atoms with Crippen LogP contribution in [-0.4, -0.2) is 25.0 Å². The molecule has 0 unspecified atom stereocenters. The highest BCUT2D eigenvalue weighted by Crippen LogP contribution is 2.36. The Morgan fingerprint density at radius 2 is 1.78 bits per heavy atom. The van der Waals surface area contributed by atoms with Crippen LogP contribution in [0, 0.1) is 3.57 Å². The standard InChI is InChI=1S/C25H16Cl3IN2O5/c1-35-21-10-14(9-20(29)22(21)36-12-13-5-6-18(27)19(28)8-13)7-17-23(32)30-25(34)31(24(17)33)16-4-2-3-15(26)11-16/h2-11H,12H2,1H3,(H,30,32,34)/b17-7+. The Bertz CT molecular complexity index is 1430. The van der Waals surface area contributed by atoms with Crippen LogP contribution < -0.4 is 19.7 Å². The van der Waals surface area contributed by atoms with E-state index < -0.39 is 17.8 Å². The number of urea groups is 1. The molecule has 1 aliphatic rings. The summed E-state index contributed by atoms with van der Waals surface area (Å²) in [6.45, 7) is 0.210. The first-order valence-corrected chi connectivity index (χ1v) is 12.5. The molecule has 7 nitrogen and oxygen atoms in total. The van der Waals surface area contributed by atoms with Crippen LogP contribution in [0.1, 0.15) is 11.1 Å². The highest BCUT2D eigenvalue weighted by Gasteiger charge is 2.37. The number of carbonyl (C=O) groups excluding carboxylic acids is 3. The van der Waals surface area contributed by atoms with Gasteiger partial charge in [-0.15, -0.1) is 0 Å². The molecule has 1 aliphatic heterocycles. The van der Waals surface area contributed by atoms with Crippen molar-refractivity contribution < 1.29 is 23.9 Å². The normalized spacial score (nSPS) is 14.8. The molecule has 0 atom stereocenters. The van der Waals surface area contributed by atoms with Crippen molar-refractivity contribution >= 4 is 87.0 Å². The number of barbiturate groups is 1. The minimum absolute atomic E-state index is 0.210. The Kier molecular flexibility index (Phi) is 8.09. The van der Waals surface area contributed by atoms with Gasteiger partial charge >= 0.3 is 6.03 Å². The molecule has 11 heteroatoms. The molecule has 0 radical (unpaired) electrons. The van der Waals surface area contributed by atoms with E-state index in [4.69, 9.17) is 44.3 Å². The van der Waals surface area contributed by atoms with E-state index in [-0.39, 0.29) is 17.9 Å². The molecule has 1 fully saturated rings. The third-order valence-corrected chi connectivity index (χ3v) is 6.87. The van der Waals surface area contributed by atoms with E-state index >= 15 is 0 Å². The van der Waals surface area contributed by atoms with Gasteiger partial charge in [-0.05, 0) is 82.3 Å². The zero-order valence-corrected chi connectivity index (χ0v) is 22.9. The lowest BCUT2D eigenvalue weighted by atomic mass is 10.1. The van der Waals surface area contributed by atoms with Gasteiger partial charge in [0.25, 0.3) is 11.8 Å². The number of hydrogen-bond acceptors (Lipinski definition) is 5. The lowest BCUT2D eigenvalue weighted by molar-refractivity contribution is -0.122. The van der Waals surface area contributed by atoms with Crippen LogP contribution in [0.4, 0.5) is 10.5 Å². The minimum Gasteiger partial charge on any atom is -0.493 e. The minimum atomic E-state index is -0.859. The van der Waals surface area contributed by atoms with Crippen molar-refractivity contribution in [2.45, 2.75) is 6.61 Å². The number of benzene rings is 3. The van der Waals surface area contributed by atoms with Gasteiger partial charge in [0.2, 0.25) is 0 Å². The molecule has 0 aliphatic carbocycles. The summed E-state index contributed by atoms with van der Waals surface area (Å²) >= 11 is 20.1. The molecule has 0 saturated carbocycles. The molecule has 4 amide bonds. The maximum Gasteiger partial charge on any atom is 0.335 e. The number of amides is 4. The molecular weight excluding hydrogens is 642 g/mol. The number of imide groups is 2. The molecule has 0 spiro atoms. The first-order chi connectivity index (χ1) is 17.2. The Balaban J connectivity index is 1.64. The first-order valence-electron chi connectivity index (χ1n) is 10.3. The Morgan fingerprint density at radius 1 is 1.00 bits per heavy atom. The lowest BCUT2D eigenvalue weighted by Gasteiger charge is -2.26. The number of anilines is 1. The zero-order chi connectivity index (χ0) is 26.0. The maximum absolute atomic E-state index is 13.1. The molecule has 0 bridgehead atoms. The Labute approximate surface area is 235 Å². The number of hydrogen-bond donors (Lipinski definition) is 1. The molecule has 1 N–H and O–H groups in total. The van der Waals surface area contributed by atoms with E-state index in [0.717, 1.165) is 10.5 Å². The summed E-state index contributed by atoms with van der Waals surface area (Å²) in [7, 11) is 1.48. The van der Waals surface area contributed by atoms with E-state index in [2.05, 4.69) is 27.9 Å². The van der Waals surface area contributed by atoms with Gasteiger partial charge in [0.15, 0.2) is 11.5 Å². The van der Waals surface area contributed by atoms with Crippen LogP contribution in [0.2, 0.25) is 15.1 Å². The number of carbonyl (C=O) groups is 3. The fraction of sp³-hybridized carbons (Fsp3) is 0.0800. The van der Waals surface area contributed by atoms with Crippen LogP contribution in [0.15, 0.2) is 60.2 Å². The van der Waals surface area contributed by atoms with Crippen molar-refractivity contribution in [2.24, 2.45) is 0 Å². The van der Waals surface area contributed by atoms with Gasteiger partial charge < -0.3 is 9.47 Å². The molecule has 3 aromatic carbocycles. The first kappa shape index (κ1) is 26.3. The van der Waals surface area contributed by atoms with E-state index in [0.29, 0.717) is 35.7 Å². The van der Waals surface area contributed by atoms with Crippen molar-refractivity contribution in [1.29, 1.82) is 0 Å². The second kappa shape index (κ2) is 11.1. The van der Waals surface area contributed by atoms with Gasteiger partial charge in [-0.2, -0.15) is 0 Å². The van der Waals surface area contributed by atoms with Gasteiger partial charge in [-0.3, -0.25) is 14.9 Å². The molecule has 184 valence electrons. The zero-order valence-electron chi connectivity index (χ0n) is 18.5. The van der Waals surface area contributed by atoms with Crippen molar-refractivity contribution in [2.75, 3.05) is 12.0 Å². The second-order valence-corrected chi connectivity index (χ2v) is 9.92. The number of rotatable bonds is 6. The van der Waals surface area contributed by atoms with Crippen LogP contribution >= 0.6 is 57.4 Å². The smallest absolute Gasteiger partial charge is 0.335 e. The molecule has 36 heavy (non-hydrogen) atoms. The quantitative estimate of drug-likeness (QED) is 0.186. The third kappa shape index (κ3) is 5.62. The van der Waals surface area contributed by atoms with Gasteiger partial charge in [0.1, 0.15) is 12.2 Å². The van der Waals surface area contributed by atoms with E-state index in [1.165, 1.54) is 19.3 Å². The average molecular weight is 658 g/mol. The monoisotopic (exact) mass is 656 g/mol. The fourth-order valence-corrected chi connectivity index (χ4v) is 4.71. The number of methoxy groups -OCH3 is 1. The van der Waals surface area contributed by atoms with Gasteiger partial charge in [0.05, 0.1) is 26.4 Å². The number of nitrogens with zero attached hydrogens (tertiary/aromatic N) is 1. The van der Waals surface area contributed by atoms with E-state index in [9.17, 15) is 14.4 Å². The van der Waals surface area contributed by atoms with Crippen LogP contribution in [0.3, 0.4) is 0 Å². The van der Waals surface area contributed by atoms with Gasteiger partial charge in [-0.1, -0.05) is 46.9 Å². The van der Waals surface area contributed by atoms with Gasteiger partial charge in [-0.25, -0.2) is 9.69 Å². The Hall–Kier alpha value is -2.79. The van der Waals surface area contributed by atoms with Crippen LogP contribution in [0.5, 0.6) is 11.5 Å².